The van der Waals surface area contributed by atoms with Crippen molar-refractivity contribution >= 4 is 61.4 Å². The lowest BCUT2D eigenvalue weighted by Gasteiger charge is -2.06. The minimum absolute atomic E-state index is 0.0959. The van der Waals surface area contributed by atoms with Gasteiger partial charge in [0.25, 0.3) is 5.91 Å². The molecule has 140 valence electrons. The zero-order chi connectivity index (χ0) is 19.8. The summed E-state index contributed by atoms with van der Waals surface area (Å²) in [4.78, 5) is 28.6. The predicted molar refractivity (Wildman–Crippen MR) is 109 cm³/mol. The van der Waals surface area contributed by atoms with E-state index in [1.165, 1.54) is 28.8 Å². The Morgan fingerprint density at radius 3 is 2.64 bits per heavy atom. The molecule has 0 saturated heterocycles. The number of benzene rings is 2. The average Bonchev–Trinajstić information content (AvgIpc) is 3.26. The fraction of sp³-hybridized carbons (Fsp3) is 0. The highest BCUT2D eigenvalue weighted by atomic mass is 35.5. The standard InChI is InChI=1S/C19H10ClFN2O3S2/c20-9-5-6-10(12(21)7-9)11-8-27-17(15(11)19(25)26)23-16(24)18-22-13-3-1-2-4-14(13)28-18/h1-8H,(H,23,24)(H,25,26). The zero-order valence-electron chi connectivity index (χ0n) is 13.9. The van der Waals surface area contributed by atoms with E-state index in [4.69, 9.17) is 11.6 Å². The molecule has 0 saturated carbocycles. The lowest BCUT2D eigenvalue weighted by atomic mass is 10.0. The van der Waals surface area contributed by atoms with Crippen LogP contribution in [0.15, 0.2) is 47.8 Å². The van der Waals surface area contributed by atoms with Gasteiger partial charge in [0.05, 0.1) is 10.2 Å². The number of carbonyl (C=O) groups excluding carboxylic acids is 1. The van der Waals surface area contributed by atoms with Gasteiger partial charge in [0.1, 0.15) is 16.4 Å². The smallest absolute Gasteiger partial charge is 0.339 e. The maximum Gasteiger partial charge on any atom is 0.339 e. The number of anilines is 1. The molecular weight excluding hydrogens is 423 g/mol. The fourth-order valence-corrected chi connectivity index (χ4v) is 4.66. The number of para-hydroxylation sites is 1. The van der Waals surface area contributed by atoms with Gasteiger partial charge in [-0.15, -0.1) is 22.7 Å². The molecule has 5 nitrogen and oxygen atoms in total. The Hall–Kier alpha value is -2.81. The van der Waals surface area contributed by atoms with Crippen LogP contribution < -0.4 is 5.32 Å². The third-order valence-electron chi connectivity index (χ3n) is 3.94. The second-order valence-electron chi connectivity index (χ2n) is 5.72. The van der Waals surface area contributed by atoms with Crippen molar-refractivity contribution in [1.29, 1.82) is 0 Å². The second-order valence-corrected chi connectivity index (χ2v) is 8.07. The summed E-state index contributed by atoms with van der Waals surface area (Å²) in [6.45, 7) is 0. The van der Waals surface area contributed by atoms with Crippen LogP contribution in [-0.4, -0.2) is 22.0 Å². The number of hydrogen-bond donors (Lipinski definition) is 2. The minimum atomic E-state index is -1.27. The number of thiophene rings is 1. The Balaban J connectivity index is 1.71. The molecule has 0 aliphatic heterocycles. The van der Waals surface area contributed by atoms with E-state index in [2.05, 4.69) is 10.3 Å². The number of rotatable bonds is 4. The van der Waals surface area contributed by atoms with Crippen molar-refractivity contribution in [2.24, 2.45) is 0 Å². The van der Waals surface area contributed by atoms with Crippen LogP contribution in [0.1, 0.15) is 20.2 Å². The summed E-state index contributed by atoms with van der Waals surface area (Å²) in [5.41, 5.74) is 0.775. The van der Waals surface area contributed by atoms with E-state index >= 15 is 0 Å². The Kier molecular flexibility index (Phi) is 4.84. The quantitative estimate of drug-likeness (QED) is 0.429. The number of carbonyl (C=O) groups is 2. The van der Waals surface area contributed by atoms with Gasteiger partial charge in [0.2, 0.25) is 0 Å². The molecule has 0 radical (unpaired) electrons. The van der Waals surface area contributed by atoms with E-state index in [0.29, 0.717) is 5.52 Å². The molecule has 9 heteroatoms. The summed E-state index contributed by atoms with van der Waals surface area (Å²) in [5.74, 6) is -2.43. The molecule has 2 aromatic carbocycles. The van der Waals surface area contributed by atoms with Crippen LogP contribution >= 0.6 is 34.3 Å². The van der Waals surface area contributed by atoms with E-state index in [1.54, 1.807) is 6.07 Å². The Bertz CT molecular complexity index is 1200. The van der Waals surface area contributed by atoms with Crippen LogP contribution in [0.3, 0.4) is 0 Å². The van der Waals surface area contributed by atoms with Crippen molar-refractivity contribution in [1.82, 2.24) is 4.98 Å². The second kappa shape index (κ2) is 7.31. The first-order valence-corrected chi connectivity index (χ1v) is 9.98. The number of hydrogen-bond acceptors (Lipinski definition) is 5. The maximum atomic E-state index is 14.3. The van der Waals surface area contributed by atoms with E-state index in [9.17, 15) is 19.1 Å². The van der Waals surface area contributed by atoms with Crippen LogP contribution in [0.5, 0.6) is 0 Å². The highest BCUT2D eigenvalue weighted by Crippen LogP contribution is 2.38. The number of nitrogens with zero attached hydrogens (tertiary/aromatic N) is 1. The molecule has 4 aromatic rings. The van der Waals surface area contributed by atoms with E-state index < -0.39 is 17.7 Å². The number of fused-ring (bicyclic) bond motifs is 1. The Labute approximate surface area is 171 Å². The number of carboxylic acids is 1. The lowest BCUT2D eigenvalue weighted by molar-refractivity contribution is 0.0699. The topological polar surface area (TPSA) is 79.3 Å². The van der Waals surface area contributed by atoms with Gasteiger partial charge in [-0.1, -0.05) is 23.7 Å². The third kappa shape index (κ3) is 3.37. The third-order valence-corrected chi connectivity index (χ3v) is 6.11. The van der Waals surface area contributed by atoms with Crippen molar-refractivity contribution < 1.29 is 19.1 Å². The first kappa shape index (κ1) is 18.5. The molecule has 0 aliphatic carbocycles. The highest BCUT2D eigenvalue weighted by Gasteiger charge is 2.24. The number of carboxylic acid groups (broad SMARTS) is 1. The molecule has 1 amide bonds. The van der Waals surface area contributed by atoms with Crippen molar-refractivity contribution in [3.63, 3.8) is 0 Å². The molecule has 0 bridgehead atoms. The monoisotopic (exact) mass is 432 g/mol. The molecule has 0 aliphatic rings. The van der Waals surface area contributed by atoms with Crippen LogP contribution in [0.2, 0.25) is 5.02 Å². The van der Waals surface area contributed by atoms with Gasteiger partial charge in [-0.25, -0.2) is 14.2 Å². The molecular formula is C19H10ClFN2O3S2. The molecule has 0 unspecified atom stereocenters. The number of amides is 1. The van der Waals surface area contributed by atoms with Crippen LogP contribution in [0, 0.1) is 5.82 Å². The number of halogens is 2. The van der Waals surface area contributed by atoms with Gasteiger partial charge >= 0.3 is 5.97 Å². The molecule has 0 fully saturated rings. The number of aromatic carboxylic acids is 1. The SMILES string of the molecule is O=C(Nc1scc(-c2ccc(Cl)cc2F)c1C(=O)O)c1nc2ccccc2s1. The van der Waals surface area contributed by atoms with Gasteiger partial charge in [-0.05, 0) is 30.3 Å². The predicted octanol–water partition coefficient (Wildman–Crippen LogP) is 5.77. The van der Waals surface area contributed by atoms with E-state index in [1.807, 2.05) is 18.2 Å². The van der Waals surface area contributed by atoms with Crippen molar-refractivity contribution in [3.05, 3.63) is 69.3 Å². The average molecular weight is 433 g/mol. The van der Waals surface area contributed by atoms with Crippen molar-refractivity contribution in [2.75, 3.05) is 5.32 Å². The van der Waals surface area contributed by atoms with E-state index in [-0.39, 0.29) is 31.7 Å². The van der Waals surface area contributed by atoms with Crippen LogP contribution in [0.4, 0.5) is 9.39 Å². The summed E-state index contributed by atoms with van der Waals surface area (Å²) < 4.78 is 15.1. The molecule has 2 N–H and O–H groups in total. The summed E-state index contributed by atoms with van der Waals surface area (Å²) in [7, 11) is 0. The fourth-order valence-electron chi connectivity index (χ4n) is 2.69. The highest BCUT2D eigenvalue weighted by molar-refractivity contribution is 7.20. The summed E-state index contributed by atoms with van der Waals surface area (Å²) in [6, 6.07) is 11.3. The van der Waals surface area contributed by atoms with Crippen LogP contribution in [-0.2, 0) is 0 Å². The lowest BCUT2D eigenvalue weighted by Crippen LogP contribution is -2.13. The van der Waals surface area contributed by atoms with Gasteiger partial charge in [0.15, 0.2) is 5.01 Å². The first-order valence-electron chi connectivity index (χ1n) is 7.91. The first-order chi connectivity index (χ1) is 13.4. The van der Waals surface area contributed by atoms with Gasteiger partial charge in [0, 0.05) is 21.5 Å². The molecule has 0 spiro atoms. The molecule has 4 rings (SSSR count). The summed E-state index contributed by atoms with van der Waals surface area (Å²) in [6.07, 6.45) is 0. The van der Waals surface area contributed by atoms with Gasteiger partial charge in [-0.2, -0.15) is 0 Å². The Morgan fingerprint density at radius 1 is 1.14 bits per heavy atom. The largest absolute Gasteiger partial charge is 0.478 e. The normalized spacial score (nSPS) is 10.9. The molecule has 28 heavy (non-hydrogen) atoms. The summed E-state index contributed by atoms with van der Waals surface area (Å²) >= 11 is 7.98. The number of nitrogens with one attached hydrogen (secondary N) is 1. The molecule has 2 aromatic heterocycles. The minimum Gasteiger partial charge on any atom is -0.478 e. The Morgan fingerprint density at radius 2 is 1.93 bits per heavy atom. The molecule has 2 heterocycles. The maximum absolute atomic E-state index is 14.3. The number of thiazole rings is 1. The number of aromatic nitrogens is 1. The van der Waals surface area contributed by atoms with Gasteiger partial charge < -0.3 is 10.4 Å². The zero-order valence-corrected chi connectivity index (χ0v) is 16.3. The van der Waals surface area contributed by atoms with Crippen molar-refractivity contribution in [3.8, 4) is 11.1 Å². The van der Waals surface area contributed by atoms with Crippen molar-refractivity contribution in [2.45, 2.75) is 0 Å². The van der Waals surface area contributed by atoms with E-state index in [0.717, 1.165) is 22.1 Å². The van der Waals surface area contributed by atoms with Gasteiger partial charge in [-0.3, -0.25) is 4.79 Å². The molecule has 0 atom stereocenters. The van der Waals surface area contributed by atoms with Crippen LogP contribution in [0.25, 0.3) is 21.3 Å². The summed E-state index contributed by atoms with van der Waals surface area (Å²) in [5, 5.41) is 14.2.